The van der Waals surface area contributed by atoms with Gasteiger partial charge in [-0.05, 0) is 48.2 Å². The second-order valence-corrected chi connectivity index (χ2v) is 6.46. The molecule has 19 heavy (non-hydrogen) atoms. The van der Waals surface area contributed by atoms with Crippen molar-refractivity contribution in [3.05, 3.63) is 34.9 Å². The van der Waals surface area contributed by atoms with E-state index >= 15 is 0 Å². The number of halogens is 1. The van der Waals surface area contributed by atoms with E-state index in [1.807, 2.05) is 24.3 Å². The Bertz CT molecular complexity index is 422. The number of nitrogens with zero attached hydrogens (tertiary/aromatic N) is 1. The number of thiocarbonyl (C=S) groups is 1. The van der Waals surface area contributed by atoms with Gasteiger partial charge in [0.1, 0.15) is 0 Å². The third-order valence-electron chi connectivity index (χ3n) is 3.51. The Morgan fingerprint density at radius 1 is 1.26 bits per heavy atom. The molecule has 104 valence electrons. The molecule has 2 nitrogen and oxygen atoms in total. The molecule has 2 atom stereocenters. The van der Waals surface area contributed by atoms with Gasteiger partial charge in [-0.1, -0.05) is 37.6 Å². The average molecular weight is 297 g/mol. The molecule has 0 bridgehead atoms. The maximum Gasteiger partial charge on any atom is 0.169 e. The Kier molecular flexibility index (Phi) is 5.06. The van der Waals surface area contributed by atoms with Gasteiger partial charge in [0.2, 0.25) is 0 Å². The fourth-order valence-electron chi connectivity index (χ4n) is 2.72. The summed E-state index contributed by atoms with van der Waals surface area (Å²) < 4.78 is 0. The van der Waals surface area contributed by atoms with Crippen LogP contribution in [0, 0.1) is 11.8 Å². The van der Waals surface area contributed by atoms with Crippen LogP contribution in [-0.4, -0.2) is 23.1 Å². The Hall–Kier alpha value is -0.800. The number of hydrogen-bond donors (Lipinski definition) is 1. The number of likely N-dealkylation sites (tertiary alicyclic amines) is 1. The second kappa shape index (κ2) is 6.58. The Morgan fingerprint density at radius 2 is 1.84 bits per heavy atom. The molecule has 1 saturated heterocycles. The van der Waals surface area contributed by atoms with Gasteiger partial charge in [-0.3, -0.25) is 0 Å². The second-order valence-electron chi connectivity index (χ2n) is 5.64. The number of benzene rings is 1. The zero-order valence-electron chi connectivity index (χ0n) is 11.5. The number of rotatable bonds is 2. The highest BCUT2D eigenvalue weighted by atomic mass is 35.5. The zero-order chi connectivity index (χ0) is 13.8. The first-order valence-corrected chi connectivity index (χ1v) is 7.60. The molecule has 0 unspecified atom stereocenters. The lowest BCUT2D eigenvalue weighted by Crippen LogP contribution is -2.47. The van der Waals surface area contributed by atoms with Gasteiger partial charge in [0.25, 0.3) is 0 Å². The van der Waals surface area contributed by atoms with E-state index in [0.717, 1.165) is 41.6 Å². The van der Waals surface area contributed by atoms with Crippen LogP contribution in [0.5, 0.6) is 0 Å². The molecule has 0 saturated carbocycles. The van der Waals surface area contributed by atoms with Crippen molar-refractivity contribution in [3.8, 4) is 0 Å². The van der Waals surface area contributed by atoms with Crippen molar-refractivity contribution in [1.82, 2.24) is 10.2 Å². The SMILES string of the molecule is C[C@@H]1C[C@@H](C)CN(C(=S)NCc2ccc(Cl)cc2)C1. The normalized spacial score (nSPS) is 23.2. The summed E-state index contributed by atoms with van der Waals surface area (Å²) in [4.78, 5) is 2.30. The molecule has 2 rings (SSSR count). The Labute approximate surface area is 126 Å². The quantitative estimate of drug-likeness (QED) is 0.838. The van der Waals surface area contributed by atoms with E-state index < -0.39 is 0 Å². The summed E-state index contributed by atoms with van der Waals surface area (Å²) in [7, 11) is 0. The van der Waals surface area contributed by atoms with Gasteiger partial charge in [-0.15, -0.1) is 0 Å². The van der Waals surface area contributed by atoms with Crippen molar-refractivity contribution in [3.63, 3.8) is 0 Å². The summed E-state index contributed by atoms with van der Waals surface area (Å²) >= 11 is 11.4. The Morgan fingerprint density at radius 3 is 2.42 bits per heavy atom. The average Bonchev–Trinajstić information content (AvgIpc) is 2.36. The van der Waals surface area contributed by atoms with E-state index in [2.05, 4.69) is 24.1 Å². The fourth-order valence-corrected chi connectivity index (χ4v) is 3.07. The van der Waals surface area contributed by atoms with E-state index in [1.165, 1.54) is 12.0 Å². The molecule has 1 fully saturated rings. The van der Waals surface area contributed by atoms with Crippen LogP contribution >= 0.6 is 23.8 Å². The molecule has 1 aromatic carbocycles. The first-order chi connectivity index (χ1) is 9.04. The molecule has 0 aromatic heterocycles. The van der Waals surface area contributed by atoms with Crippen molar-refractivity contribution in [2.24, 2.45) is 11.8 Å². The number of nitrogens with one attached hydrogen (secondary N) is 1. The molecule has 1 aliphatic heterocycles. The summed E-state index contributed by atoms with van der Waals surface area (Å²) in [5.74, 6) is 1.44. The molecule has 1 aromatic rings. The highest BCUT2D eigenvalue weighted by molar-refractivity contribution is 7.80. The van der Waals surface area contributed by atoms with E-state index in [4.69, 9.17) is 23.8 Å². The van der Waals surface area contributed by atoms with Crippen LogP contribution in [0.1, 0.15) is 25.8 Å². The molecule has 0 amide bonds. The standard InChI is InChI=1S/C15H21ClN2S/c1-11-7-12(2)10-18(9-11)15(19)17-8-13-3-5-14(16)6-4-13/h3-6,11-12H,7-10H2,1-2H3,(H,17,19)/t11-,12-/m1/s1. The molecule has 0 aliphatic carbocycles. The molecule has 1 N–H and O–H groups in total. The van der Waals surface area contributed by atoms with Crippen LogP contribution < -0.4 is 5.32 Å². The van der Waals surface area contributed by atoms with Gasteiger partial charge in [0, 0.05) is 24.7 Å². The lowest BCUT2D eigenvalue weighted by molar-refractivity contribution is 0.212. The highest BCUT2D eigenvalue weighted by Crippen LogP contribution is 2.21. The van der Waals surface area contributed by atoms with Gasteiger partial charge in [-0.25, -0.2) is 0 Å². The van der Waals surface area contributed by atoms with Crippen molar-refractivity contribution < 1.29 is 0 Å². The van der Waals surface area contributed by atoms with Crippen molar-refractivity contribution in [2.45, 2.75) is 26.8 Å². The van der Waals surface area contributed by atoms with Crippen LogP contribution in [0.25, 0.3) is 0 Å². The summed E-state index contributed by atoms with van der Waals surface area (Å²) in [6.45, 7) is 7.48. The monoisotopic (exact) mass is 296 g/mol. The van der Waals surface area contributed by atoms with Crippen LogP contribution in [0.3, 0.4) is 0 Å². The fraction of sp³-hybridized carbons (Fsp3) is 0.533. The minimum atomic E-state index is 0.721. The van der Waals surface area contributed by atoms with Crippen LogP contribution in [0.2, 0.25) is 5.02 Å². The zero-order valence-corrected chi connectivity index (χ0v) is 13.1. The third kappa shape index (κ3) is 4.36. The van der Waals surface area contributed by atoms with Gasteiger partial charge < -0.3 is 10.2 Å². The molecule has 1 aliphatic rings. The minimum Gasteiger partial charge on any atom is -0.358 e. The maximum absolute atomic E-state index is 5.87. The van der Waals surface area contributed by atoms with Gasteiger partial charge in [0.15, 0.2) is 5.11 Å². The number of piperidine rings is 1. The van der Waals surface area contributed by atoms with E-state index in [1.54, 1.807) is 0 Å². The topological polar surface area (TPSA) is 15.3 Å². The van der Waals surface area contributed by atoms with Crippen molar-refractivity contribution in [1.29, 1.82) is 0 Å². The highest BCUT2D eigenvalue weighted by Gasteiger charge is 2.23. The predicted molar refractivity (Wildman–Crippen MR) is 85.4 cm³/mol. The smallest absolute Gasteiger partial charge is 0.169 e. The van der Waals surface area contributed by atoms with Crippen molar-refractivity contribution >= 4 is 28.9 Å². The van der Waals surface area contributed by atoms with Gasteiger partial charge >= 0.3 is 0 Å². The van der Waals surface area contributed by atoms with Crippen LogP contribution in [-0.2, 0) is 6.54 Å². The lowest BCUT2D eigenvalue weighted by Gasteiger charge is -2.36. The summed E-state index contributed by atoms with van der Waals surface area (Å²) in [6.07, 6.45) is 1.30. The molecule has 4 heteroatoms. The molecule has 0 spiro atoms. The first-order valence-electron chi connectivity index (χ1n) is 6.82. The Balaban J connectivity index is 1.85. The van der Waals surface area contributed by atoms with Crippen LogP contribution in [0.4, 0.5) is 0 Å². The number of hydrogen-bond acceptors (Lipinski definition) is 1. The molecular formula is C15H21ClN2S. The van der Waals surface area contributed by atoms with E-state index in [0.29, 0.717) is 0 Å². The van der Waals surface area contributed by atoms with Gasteiger partial charge in [0.05, 0.1) is 0 Å². The summed E-state index contributed by atoms with van der Waals surface area (Å²) in [5.41, 5.74) is 1.20. The summed E-state index contributed by atoms with van der Waals surface area (Å²) in [6, 6.07) is 7.87. The van der Waals surface area contributed by atoms with E-state index in [-0.39, 0.29) is 0 Å². The van der Waals surface area contributed by atoms with Crippen molar-refractivity contribution in [2.75, 3.05) is 13.1 Å². The lowest BCUT2D eigenvalue weighted by atomic mass is 9.92. The molecular weight excluding hydrogens is 276 g/mol. The summed E-state index contributed by atoms with van der Waals surface area (Å²) in [5, 5.41) is 4.98. The maximum atomic E-state index is 5.87. The first kappa shape index (κ1) is 14.6. The molecule has 0 radical (unpaired) electrons. The predicted octanol–water partition coefficient (Wildman–Crippen LogP) is 3.69. The van der Waals surface area contributed by atoms with E-state index in [9.17, 15) is 0 Å². The largest absolute Gasteiger partial charge is 0.358 e. The van der Waals surface area contributed by atoms with Gasteiger partial charge in [-0.2, -0.15) is 0 Å². The third-order valence-corrected chi connectivity index (χ3v) is 4.17. The van der Waals surface area contributed by atoms with Crippen LogP contribution in [0.15, 0.2) is 24.3 Å². The minimum absolute atomic E-state index is 0.721. The molecule has 1 heterocycles.